The van der Waals surface area contributed by atoms with Crippen LogP contribution in [0.2, 0.25) is 0 Å². The van der Waals surface area contributed by atoms with Crippen molar-refractivity contribution in [1.82, 2.24) is 15.0 Å². The fraction of sp³-hybridized carbons (Fsp3) is 0.500. The second-order valence-electron chi connectivity index (χ2n) is 9.35. The van der Waals surface area contributed by atoms with Gasteiger partial charge in [-0.25, -0.2) is 4.98 Å². The number of fused-ring (bicyclic) bond motifs is 1. The molecule has 11 heteroatoms. The van der Waals surface area contributed by atoms with Gasteiger partial charge in [-0.15, -0.1) is 0 Å². The van der Waals surface area contributed by atoms with Gasteiger partial charge in [-0.1, -0.05) is 0 Å². The Kier molecular flexibility index (Phi) is 7.63. The summed E-state index contributed by atoms with van der Waals surface area (Å²) < 4.78 is 41.2. The molecule has 1 N–H and O–H groups in total. The number of ether oxygens (including phenoxy) is 3. The number of morpholine rings is 1. The number of halogens is 2. The zero-order valence-corrected chi connectivity index (χ0v) is 20.9. The molecule has 9 nitrogen and oxygen atoms in total. The van der Waals surface area contributed by atoms with Crippen molar-refractivity contribution in [3.63, 3.8) is 0 Å². The van der Waals surface area contributed by atoms with Crippen LogP contribution < -0.4 is 14.5 Å². The summed E-state index contributed by atoms with van der Waals surface area (Å²) in [5, 5.41) is 10.5. The SMILES string of the molecule is CC1COCCN1c1nc(N(C)C2CCOCC2)nc2nc(-c3ccc(OC(F)F)c(CO)c3)ccc12. The maximum absolute atomic E-state index is 12.7. The largest absolute Gasteiger partial charge is 0.434 e. The summed E-state index contributed by atoms with van der Waals surface area (Å²) in [5.41, 5.74) is 2.05. The van der Waals surface area contributed by atoms with Crippen LogP contribution in [-0.2, 0) is 16.1 Å². The molecule has 1 aromatic carbocycles. The van der Waals surface area contributed by atoms with E-state index in [0.29, 0.717) is 55.8 Å². The van der Waals surface area contributed by atoms with E-state index >= 15 is 0 Å². The number of aromatic nitrogens is 3. The molecule has 2 aliphatic heterocycles. The number of alkyl halides is 2. The lowest BCUT2D eigenvalue weighted by atomic mass is 10.1. The minimum atomic E-state index is -2.97. The van der Waals surface area contributed by atoms with E-state index in [0.717, 1.165) is 24.0 Å². The van der Waals surface area contributed by atoms with Crippen LogP contribution in [0, 0.1) is 0 Å². The number of anilines is 2. The maximum Gasteiger partial charge on any atom is 0.387 e. The first-order valence-corrected chi connectivity index (χ1v) is 12.5. The van der Waals surface area contributed by atoms with E-state index in [-0.39, 0.29) is 23.4 Å². The molecule has 4 heterocycles. The number of rotatable bonds is 7. The number of hydrogen-bond donors (Lipinski definition) is 1. The van der Waals surface area contributed by atoms with Crippen molar-refractivity contribution < 1.29 is 28.1 Å². The van der Waals surface area contributed by atoms with Gasteiger partial charge >= 0.3 is 6.61 Å². The van der Waals surface area contributed by atoms with Crippen molar-refractivity contribution in [2.75, 3.05) is 49.8 Å². The molecule has 198 valence electrons. The number of aliphatic hydroxyl groups excluding tert-OH is 1. The molecular formula is C26H31F2N5O4. The normalized spacial score (nSPS) is 19.0. The molecule has 37 heavy (non-hydrogen) atoms. The van der Waals surface area contributed by atoms with Gasteiger partial charge in [-0.2, -0.15) is 18.7 Å². The first-order valence-electron chi connectivity index (χ1n) is 12.5. The Labute approximate surface area is 214 Å². The van der Waals surface area contributed by atoms with E-state index in [1.54, 1.807) is 12.1 Å². The molecule has 0 amide bonds. The number of hydrogen-bond acceptors (Lipinski definition) is 9. The molecule has 0 spiro atoms. The number of aliphatic hydroxyl groups is 1. The fourth-order valence-corrected chi connectivity index (χ4v) is 4.87. The Balaban J connectivity index is 1.58. The van der Waals surface area contributed by atoms with Crippen LogP contribution in [-0.4, -0.2) is 78.8 Å². The summed E-state index contributed by atoms with van der Waals surface area (Å²) in [5.74, 6) is 1.34. The van der Waals surface area contributed by atoms with Crippen molar-refractivity contribution >= 4 is 22.8 Å². The summed E-state index contributed by atoms with van der Waals surface area (Å²) in [6.45, 7) is 2.04. The van der Waals surface area contributed by atoms with Crippen LogP contribution in [0.15, 0.2) is 30.3 Å². The topological polar surface area (TPSA) is 93.1 Å². The zero-order valence-electron chi connectivity index (χ0n) is 20.9. The van der Waals surface area contributed by atoms with Gasteiger partial charge in [-0.3, -0.25) is 0 Å². The minimum absolute atomic E-state index is 0.0617. The minimum Gasteiger partial charge on any atom is -0.434 e. The highest BCUT2D eigenvalue weighted by Crippen LogP contribution is 2.33. The predicted octanol–water partition coefficient (Wildman–Crippen LogP) is 3.63. The molecule has 2 fully saturated rings. The average Bonchev–Trinajstić information content (AvgIpc) is 2.92. The van der Waals surface area contributed by atoms with E-state index in [9.17, 15) is 13.9 Å². The average molecular weight is 516 g/mol. The molecule has 2 aliphatic rings. The highest BCUT2D eigenvalue weighted by atomic mass is 19.3. The van der Waals surface area contributed by atoms with Gasteiger partial charge in [0.25, 0.3) is 0 Å². The molecule has 0 bridgehead atoms. The van der Waals surface area contributed by atoms with Crippen LogP contribution >= 0.6 is 0 Å². The highest BCUT2D eigenvalue weighted by molar-refractivity contribution is 5.90. The van der Waals surface area contributed by atoms with E-state index in [4.69, 9.17) is 24.4 Å². The van der Waals surface area contributed by atoms with Gasteiger partial charge in [0, 0.05) is 44.0 Å². The van der Waals surface area contributed by atoms with Crippen molar-refractivity contribution in [2.24, 2.45) is 0 Å². The summed E-state index contributed by atoms with van der Waals surface area (Å²) in [6.07, 6.45) is 1.79. The monoisotopic (exact) mass is 515 g/mol. The molecule has 0 saturated carbocycles. The molecule has 1 atom stereocenters. The second-order valence-corrected chi connectivity index (χ2v) is 9.35. The zero-order chi connectivity index (χ0) is 25.9. The first-order chi connectivity index (χ1) is 17.9. The molecule has 1 unspecified atom stereocenters. The van der Waals surface area contributed by atoms with Crippen LogP contribution in [0.25, 0.3) is 22.3 Å². The third kappa shape index (κ3) is 5.43. The number of benzene rings is 1. The van der Waals surface area contributed by atoms with Crippen molar-refractivity contribution in [3.8, 4) is 17.0 Å². The number of pyridine rings is 1. The summed E-state index contributed by atoms with van der Waals surface area (Å²) in [7, 11) is 2.00. The van der Waals surface area contributed by atoms with Gasteiger partial charge in [-0.05, 0) is 50.1 Å². The van der Waals surface area contributed by atoms with Crippen molar-refractivity contribution in [2.45, 2.75) is 45.1 Å². The van der Waals surface area contributed by atoms with Crippen molar-refractivity contribution in [1.29, 1.82) is 0 Å². The van der Waals surface area contributed by atoms with Crippen molar-refractivity contribution in [3.05, 3.63) is 35.9 Å². The Morgan fingerprint density at radius 1 is 1.11 bits per heavy atom. The van der Waals surface area contributed by atoms with Gasteiger partial charge in [0.2, 0.25) is 5.95 Å². The molecule has 0 radical (unpaired) electrons. The third-order valence-corrected chi connectivity index (χ3v) is 6.96. The molecule has 2 aromatic heterocycles. The highest BCUT2D eigenvalue weighted by Gasteiger charge is 2.27. The lowest BCUT2D eigenvalue weighted by molar-refractivity contribution is -0.0509. The molecule has 3 aromatic rings. The summed E-state index contributed by atoms with van der Waals surface area (Å²) in [4.78, 5) is 19.0. The van der Waals surface area contributed by atoms with Crippen LogP contribution in [0.3, 0.4) is 0 Å². The molecule has 2 saturated heterocycles. The van der Waals surface area contributed by atoms with E-state index < -0.39 is 13.2 Å². The Bertz CT molecular complexity index is 1240. The molecule has 5 rings (SSSR count). The summed E-state index contributed by atoms with van der Waals surface area (Å²) >= 11 is 0. The smallest absolute Gasteiger partial charge is 0.387 e. The van der Waals surface area contributed by atoms with Gasteiger partial charge in [0.1, 0.15) is 11.6 Å². The van der Waals surface area contributed by atoms with Gasteiger partial charge in [0.05, 0.1) is 36.9 Å². The molecular weight excluding hydrogens is 484 g/mol. The van der Waals surface area contributed by atoms with E-state index in [2.05, 4.69) is 21.5 Å². The lowest BCUT2D eigenvalue weighted by Gasteiger charge is -2.36. The predicted molar refractivity (Wildman–Crippen MR) is 135 cm³/mol. The Morgan fingerprint density at radius 3 is 2.65 bits per heavy atom. The van der Waals surface area contributed by atoms with E-state index in [1.807, 2.05) is 19.2 Å². The Hall–Kier alpha value is -3.15. The quantitative estimate of drug-likeness (QED) is 0.506. The van der Waals surface area contributed by atoms with Gasteiger partial charge < -0.3 is 29.1 Å². The fourth-order valence-electron chi connectivity index (χ4n) is 4.87. The van der Waals surface area contributed by atoms with Crippen LogP contribution in [0.1, 0.15) is 25.3 Å². The standard InChI is InChI=1S/C26H31F2N5O4/c1-16-15-36-12-9-33(16)24-20-4-5-21(17-3-6-22(37-25(27)28)18(13-17)14-34)29-23(20)30-26(31-24)32(2)19-7-10-35-11-8-19/h3-6,13,16,19,25,34H,7-12,14-15H2,1-2H3. The van der Waals surface area contributed by atoms with E-state index in [1.165, 1.54) is 6.07 Å². The first kappa shape index (κ1) is 25.5. The second kappa shape index (κ2) is 11.1. The molecule has 0 aliphatic carbocycles. The summed E-state index contributed by atoms with van der Waals surface area (Å²) in [6, 6.07) is 8.87. The van der Waals surface area contributed by atoms with Gasteiger partial charge in [0.15, 0.2) is 5.65 Å². The van der Waals surface area contributed by atoms with Crippen LogP contribution in [0.4, 0.5) is 20.5 Å². The lowest BCUT2D eigenvalue weighted by Crippen LogP contribution is -2.44. The Morgan fingerprint density at radius 2 is 1.92 bits per heavy atom. The third-order valence-electron chi connectivity index (χ3n) is 6.96. The van der Waals surface area contributed by atoms with Crippen LogP contribution in [0.5, 0.6) is 5.75 Å². The number of nitrogens with zero attached hydrogens (tertiary/aromatic N) is 5. The maximum atomic E-state index is 12.7.